The molecule has 0 unspecified atom stereocenters. The first-order chi connectivity index (χ1) is 9.38. The molecule has 1 aromatic carbocycles. The van der Waals surface area contributed by atoms with E-state index in [0.717, 1.165) is 25.7 Å². The number of hydrogen-bond donors (Lipinski definition) is 3. The van der Waals surface area contributed by atoms with Crippen molar-refractivity contribution in [2.75, 3.05) is 12.3 Å². The monoisotopic (exact) mass is 296 g/mol. The molecule has 0 radical (unpaired) electrons. The number of nitrogen functional groups attached to an aromatic ring is 1. The van der Waals surface area contributed by atoms with Crippen LogP contribution in [0.25, 0.3) is 0 Å². The summed E-state index contributed by atoms with van der Waals surface area (Å²) in [6.45, 7) is 2.46. The lowest BCUT2D eigenvalue weighted by molar-refractivity contribution is -0.00539. The summed E-state index contributed by atoms with van der Waals surface area (Å²) in [6.07, 6.45) is 3.45. The molecular weight excluding hydrogens is 276 g/mol. The van der Waals surface area contributed by atoms with E-state index >= 15 is 0 Å². The molecule has 2 rings (SSSR count). The lowest BCUT2D eigenvalue weighted by Crippen LogP contribution is -2.45. The summed E-state index contributed by atoms with van der Waals surface area (Å²) >= 11 is 5.88. The van der Waals surface area contributed by atoms with E-state index in [4.69, 9.17) is 17.3 Å². The fourth-order valence-corrected chi connectivity index (χ4v) is 2.81. The fraction of sp³-hybridized carbons (Fsp3) is 0.533. The van der Waals surface area contributed by atoms with E-state index in [2.05, 4.69) is 12.2 Å². The molecule has 0 saturated heterocycles. The van der Waals surface area contributed by atoms with Gasteiger partial charge in [0.15, 0.2) is 0 Å². The van der Waals surface area contributed by atoms with Crippen molar-refractivity contribution in [1.29, 1.82) is 0 Å². The first-order valence-electron chi connectivity index (χ1n) is 6.95. The van der Waals surface area contributed by atoms with Crippen molar-refractivity contribution in [3.8, 4) is 0 Å². The van der Waals surface area contributed by atoms with Gasteiger partial charge >= 0.3 is 0 Å². The van der Waals surface area contributed by atoms with E-state index < -0.39 is 5.60 Å². The van der Waals surface area contributed by atoms with Crippen molar-refractivity contribution in [3.05, 3.63) is 28.8 Å². The number of hydrogen-bond acceptors (Lipinski definition) is 3. The van der Waals surface area contributed by atoms with E-state index in [1.807, 2.05) is 0 Å². The lowest BCUT2D eigenvalue weighted by atomic mass is 9.79. The van der Waals surface area contributed by atoms with Gasteiger partial charge in [-0.25, -0.2) is 0 Å². The topological polar surface area (TPSA) is 75.3 Å². The molecule has 0 heterocycles. The van der Waals surface area contributed by atoms with Crippen molar-refractivity contribution in [2.24, 2.45) is 5.92 Å². The molecule has 1 aliphatic carbocycles. The molecule has 1 amide bonds. The molecule has 4 N–H and O–H groups in total. The van der Waals surface area contributed by atoms with Crippen LogP contribution < -0.4 is 11.1 Å². The highest BCUT2D eigenvalue weighted by molar-refractivity contribution is 6.31. The molecule has 0 aliphatic heterocycles. The predicted octanol–water partition coefficient (Wildman–Crippen LogP) is 2.59. The minimum absolute atomic E-state index is 0.258. The molecule has 1 saturated carbocycles. The minimum Gasteiger partial charge on any atom is -0.399 e. The summed E-state index contributed by atoms with van der Waals surface area (Å²) in [5, 5.41) is 13.6. The maximum Gasteiger partial charge on any atom is 0.251 e. The van der Waals surface area contributed by atoms with E-state index in [0.29, 0.717) is 22.2 Å². The lowest BCUT2D eigenvalue weighted by Gasteiger charge is -2.34. The number of carbonyl (C=O) groups is 1. The van der Waals surface area contributed by atoms with E-state index in [9.17, 15) is 9.90 Å². The SMILES string of the molecule is CC1CCC(O)(CNC(=O)c2cc(N)cc(Cl)c2)CC1. The van der Waals surface area contributed by atoms with Crippen molar-refractivity contribution in [1.82, 2.24) is 5.32 Å². The number of benzene rings is 1. The van der Waals surface area contributed by atoms with Gasteiger partial charge in [-0.2, -0.15) is 0 Å². The van der Waals surface area contributed by atoms with Crippen LogP contribution in [0.3, 0.4) is 0 Å². The minimum atomic E-state index is -0.785. The largest absolute Gasteiger partial charge is 0.399 e. The van der Waals surface area contributed by atoms with Crippen molar-refractivity contribution in [2.45, 2.75) is 38.2 Å². The van der Waals surface area contributed by atoms with E-state index in [1.54, 1.807) is 18.2 Å². The van der Waals surface area contributed by atoms with Crippen LogP contribution >= 0.6 is 11.6 Å². The Morgan fingerprint density at radius 1 is 1.45 bits per heavy atom. The van der Waals surface area contributed by atoms with Gasteiger partial charge in [0.25, 0.3) is 5.91 Å². The second-order valence-corrected chi connectivity index (χ2v) is 6.30. The Morgan fingerprint density at radius 3 is 2.70 bits per heavy atom. The molecule has 20 heavy (non-hydrogen) atoms. The van der Waals surface area contributed by atoms with Gasteiger partial charge in [0.2, 0.25) is 0 Å². The zero-order valence-electron chi connectivity index (χ0n) is 11.7. The second kappa shape index (κ2) is 6.02. The molecule has 110 valence electrons. The maximum atomic E-state index is 12.1. The molecule has 1 fully saturated rings. The molecule has 0 spiro atoms. The Kier molecular flexibility index (Phi) is 4.55. The predicted molar refractivity (Wildman–Crippen MR) is 80.8 cm³/mol. The Morgan fingerprint density at radius 2 is 2.10 bits per heavy atom. The summed E-state index contributed by atoms with van der Waals surface area (Å²) in [4.78, 5) is 12.1. The van der Waals surface area contributed by atoms with Gasteiger partial charge < -0.3 is 16.2 Å². The quantitative estimate of drug-likeness (QED) is 0.751. The van der Waals surface area contributed by atoms with Gasteiger partial charge in [-0.1, -0.05) is 18.5 Å². The zero-order chi connectivity index (χ0) is 14.8. The summed E-state index contributed by atoms with van der Waals surface area (Å²) in [6, 6.07) is 4.74. The van der Waals surface area contributed by atoms with Crippen LogP contribution in [0, 0.1) is 5.92 Å². The van der Waals surface area contributed by atoms with E-state index in [-0.39, 0.29) is 12.5 Å². The fourth-order valence-electron chi connectivity index (χ4n) is 2.57. The van der Waals surface area contributed by atoms with Crippen LogP contribution in [-0.2, 0) is 0 Å². The van der Waals surface area contributed by atoms with Gasteiger partial charge in [-0.05, 0) is 49.8 Å². The molecule has 0 aromatic heterocycles. The second-order valence-electron chi connectivity index (χ2n) is 5.86. The summed E-state index contributed by atoms with van der Waals surface area (Å²) in [5.41, 5.74) is 5.75. The highest BCUT2D eigenvalue weighted by Gasteiger charge is 2.32. The van der Waals surface area contributed by atoms with Gasteiger partial charge in [0.05, 0.1) is 5.60 Å². The molecule has 1 aromatic rings. The summed E-state index contributed by atoms with van der Waals surface area (Å²) in [5.74, 6) is 0.393. The normalized spacial score (nSPS) is 26.2. The van der Waals surface area contributed by atoms with E-state index in [1.165, 1.54) is 0 Å². The van der Waals surface area contributed by atoms with Gasteiger partial charge in [0.1, 0.15) is 0 Å². The van der Waals surface area contributed by atoms with Crippen LogP contribution in [0.15, 0.2) is 18.2 Å². The van der Waals surface area contributed by atoms with Crippen LogP contribution in [0.2, 0.25) is 5.02 Å². The third-order valence-corrected chi connectivity index (χ3v) is 4.18. The number of halogens is 1. The highest BCUT2D eigenvalue weighted by atomic mass is 35.5. The van der Waals surface area contributed by atoms with Crippen LogP contribution in [0.1, 0.15) is 43.0 Å². The van der Waals surface area contributed by atoms with Crippen molar-refractivity contribution < 1.29 is 9.90 Å². The van der Waals surface area contributed by atoms with Gasteiger partial charge in [-0.3, -0.25) is 4.79 Å². The smallest absolute Gasteiger partial charge is 0.251 e. The first kappa shape index (κ1) is 15.1. The van der Waals surface area contributed by atoms with Gasteiger partial charge in [0, 0.05) is 22.8 Å². The van der Waals surface area contributed by atoms with Crippen LogP contribution in [0.4, 0.5) is 5.69 Å². The number of nitrogens with one attached hydrogen (secondary N) is 1. The summed E-state index contributed by atoms with van der Waals surface area (Å²) in [7, 11) is 0. The summed E-state index contributed by atoms with van der Waals surface area (Å²) < 4.78 is 0. The maximum absolute atomic E-state index is 12.1. The number of anilines is 1. The molecule has 5 heteroatoms. The van der Waals surface area contributed by atoms with Crippen molar-refractivity contribution >= 4 is 23.2 Å². The van der Waals surface area contributed by atoms with Crippen LogP contribution in [0.5, 0.6) is 0 Å². The number of aliphatic hydroxyl groups is 1. The molecule has 1 aliphatic rings. The Bertz CT molecular complexity index is 476. The van der Waals surface area contributed by atoms with Crippen LogP contribution in [-0.4, -0.2) is 23.2 Å². The first-order valence-corrected chi connectivity index (χ1v) is 7.32. The zero-order valence-corrected chi connectivity index (χ0v) is 12.4. The standard InChI is InChI=1S/C15H21ClN2O2/c1-10-2-4-15(20,5-3-10)9-18-14(19)11-6-12(16)8-13(17)7-11/h6-8,10,20H,2-5,9,17H2,1H3,(H,18,19). The Balaban J connectivity index is 1.95. The molecule has 0 atom stereocenters. The highest BCUT2D eigenvalue weighted by Crippen LogP contribution is 2.31. The number of rotatable bonds is 3. The Labute approximate surface area is 124 Å². The average molecular weight is 297 g/mol. The number of amides is 1. The third-order valence-electron chi connectivity index (χ3n) is 3.97. The average Bonchev–Trinajstić information content (AvgIpc) is 2.39. The Hall–Kier alpha value is -1.26. The third kappa shape index (κ3) is 3.87. The molecular formula is C15H21ClN2O2. The molecule has 0 bridgehead atoms. The molecule has 4 nitrogen and oxygen atoms in total. The van der Waals surface area contributed by atoms with Crippen molar-refractivity contribution in [3.63, 3.8) is 0 Å². The number of nitrogens with two attached hydrogens (primary N) is 1. The van der Waals surface area contributed by atoms with Gasteiger partial charge in [-0.15, -0.1) is 0 Å². The number of carbonyl (C=O) groups excluding carboxylic acids is 1.